The Labute approximate surface area is 187 Å². The predicted octanol–water partition coefficient (Wildman–Crippen LogP) is 5.14. The van der Waals surface area contributed by atoms with Gasteiger partial charge >= 0.3 is 0 Å². The second kappa shape index (κ2) is 11.6. The normalized spacial score (nSPS) is 24.4. The van der Waals surface area contributed by atoms with Crippen LogP contribution in [-0.2, 0) is 12.0 Å². The summed E-state index contributed by atoms with van der Waals surface area (Å²) >= 11 is 0. The van der Waals surface area contributed by atoms with Gasteiger partial charge in [-0.3, -0.25) is 4.90 Å². The summed E-state index contributed by atoms with van der Waals surface area (Å²) in [6.45, 7) is 7.83. The van der Waals surface area contributed by atoms with E-state index in [1.54, 1.807) is 6.26 Å². The van der Waals surface area contributed by atoms with Gasteiger partial charge < -0.3 is 9.32 Å². The van der Waals surface area contributed by atoms with E-state index in [1.807, 2.05) is 12.1 Å². The Morgan fingerprint density at radius 2 is 1.90 bits per heavy atom. The Morgan fingerprint density at radius 1 is 1.17 bits per heavy atom. The third kappa shape index (κ3) is 5.99. The third-order valence-electron chi connectivity index (χ3n) is 6.39. The average molecular weight is 438 g/mol. The molecule has 1 aliphatic rings. The fourth-order valence-electron chi connectivity index (χ4n) is 4.63. The maximum atomic E-state index is 9.28. The number of piperidine rings is 1. The van der Waals surface area contributed by atoms with Gasteiger partial charge in [0.15, 0.2) is 0 Å². The molecule has 1 aromatic heterocycles. The van der Waals surface area contributed by atoms with Gasteiger partial charge in [0.2, 0.25) is 0 Å². The molecule has 3 unspecified atom stereocenters. The van der Waals surface area contributed by atoms with Gasteiger partial charge in [-0.1, -0.05) is 37.3 Å². The summed E-state index contributed by atoms with van der Waals surface area (Å²) in [6.07, 6.45) is 3.90. The monoisotopic (exact) mass is 437 g/mol. The molecule has 0 N–H and O–H groups in total. The highest BCUT2D eigenvalue weighted by atomic mass is 35.5. The maximum Gasteiger partial charge on any atom is 0.117 e. The molecule has 1 fully saturated rings. The number of halogens is 2. The molecule has 0 radical (unpaired) electrons. The minimum absolute atomic E-state index is 0. The minimum atomic E-state index is 0. The zero-order valence-corrected chi connectivity index (χ0v) is 19.2. The molecule has 4 nitrogen and oxygen atoms in total. The fraction of sp³-hybridized carbons (Fsp3) is 0.522. The Bertz CT molecular complexity index is 747. The minimum Gasteiger partial charge on any atom is -0.468 e. The van der Waals surface area contributed by atoms with Crippen molar-refractivity contribution in [1.82, 2.24) is 9.80 Å². The van der Waals surface area contributed by atoms with Crippen molar-refractivity contribution in [1.29, 1.82) is 5.26 Å². The van der Waals surface area contributed by atoms with E-state index in [0.29, 0.717) is 25.0 Å². The van der Waals surface area contributed by atoms with Crippen LogP contribution in [0.15, 0.2) is 53.1 Å². The van der Waals surface area contributed by atoms with Crippen LogP contribution in [0, 0.1) is 17.2 Å². The van der Waals surface area contributed by atoms with Crippen LogP contribution in [-0.4, -0.2) is 42.5 Å². The van der Waals surface area contributed by atoms with Gasteiger partial charge in [0.05, 0.1) is 25.4 Å². The second-order valence-electron chi connectivity index (χ2n) is 8.11. The summed E-state index contributed by atoms with van der Waals surface area (Å²) in [6, 6.07) is 17.7. The molecule has 1 aliphatic heterocycles. The number of rotatable bonds is 7. The van der Waals surface area contributed by atoms with Crippen LogP contribution in [0.3, 0.4) is 0 Å². The molecule has 0 bridgehead atoms. The van der Waals surface area contributed by atoms with Gasteiger partial charge in [0.25, 0.3) is 0 Å². The number of hydrogen-bond acceptors (Lipinski definition) is 4. The molecule has 3 atom stereocenters. The van der Waals surface area contributed by atoms with Crippen LogP contribution in [0.25, 0.3) is 0 Å². The van der Waals surface area contributed by atoms with Crippen molar-refractivity contribution in [3.05, 3.63) is 60.1 Å². The molecule has 2 heterocycles. The van der Waals surface area contributed by atoms with Crippen LogP contribution in [0.4, 0.5) is 0 Å². The number of nitrogens with zero attached hydrogens (tertiary/aromatic N) is 3. The lowest BCUT2D eigenvalue weighted by Crippen LogP contribution is -2.52. The Hall–Kier alpha value is -1.51. The van der Waals surface area contributed by atoms with E-state index in [-0.39, 0.29) is 30.2 Å². The van der Waals surface area contributed by atoms with Gasteiger partial charge in [-0.25, -0.2) is 0 Å². The lowest BCUT2D eigenvalue weighted by Gasteiger charge is -2.50. The topological polar surface area (TPSA) is 43.4 Å². The quantitative estimate of drug-likeness (QED) is 0.562. The number of nitriles is 1. The largest absolute Gasteiger partial charge is 0.468 e. The molecule has 160 valence electrons. The first-order valence-corrected chi connectivity index (χ1v) is 9.92. The first-order valence-electron chi connectivity index (χ1n) is 9.92. The molecule has 0 aliphatic carbocycles. The van der Waals surface area contributed by atoms with Crippen LogP contribution < -0.4 is 0 Å². The summed E-state index contributed by atoms with van der Waals surface area (Å²) in [5, 5.41) is 9.28. The maximum absolute atomic E-state index is 9.28. The van der Waals surface area contributed by atoms with Crippen molar-refractivity contribution in [2.75, 3.05) is 26.7 Å². The second-order valence-corrected chi connectivity index (χ2v) is 8.11. The lowest BCUT2D eigenvalue weighted by molar-refractivity contribution is 0.0607. The van der Waals surface area contributed by atoms with Crippen molar-refractivity contribution >= 4 is 24.8 Å². The van der Waals surface area contributed by atoms with E-state index >= 15 is 0 Å². The molecule has 1 aromatic carbocycles. The summed E-state index contributed by atoms with van der Waals surface area (Å²) in [7, 11) is 2.23. The molecule has 29 heavy (non-hydrogen) atoms. The first kappa shape index (κ1) is 25.5. The Balaban J connectivity index is 0.00000210. The van der Waals surface area contributed by atoms with Crippen LogP contribution >= 0.6 is 24.8 Å². The highest BCUT2D eigenvalue weighted by Crippen LogP contribution is 2.44. The van der Waals surface area contributed by atoms with Crippen LogP contribution in [0.5, 0.6) is 0 Å². The Kier molecular flexibility index (Phi) is 10.2. The van der Waals surface area contributed by atoms with Crippen molar-refractivity contribution in [2.45, 2.75) is 44.7 Å². The SMILES string of the molecule is CC1CC(CCN(CC#N)Cc2ccco2)(c2ccccc2)C(C)CN1C.Cl.Cl. The fourth-order valence-corrected chi connectivity index (χ4v) is 4.63. The van der Waals surface area contributed by atoms with Gasteiger partial charge in [-0.2, -0.15) is 5.26 Å². The van der Waals surface area contributed by atoms with Gasteiger partial charge in [0.1, 0.15) is 5.76 Å². The van der Waals surface area contributed by atoms with Gasteiger partial charge in [-0.05, 0) is 50.4 Å². The lowest BCUT2D eigenvalue weighted by atomic mass is 9.63. The number of furan rings is 1. The molecule has 0 spiro atoms. The Morgan fingerprint density at radius 3 is 2.52 bits per heavy atom. The molecule has 2 aromatic rings. The number of likely N-dealkylation sites (tertiary alicyclic amines) is 1. The first-order chi connectivity index (χ1) is 13.0. The summed E-state index contributed by atoms with van der Waals surface area (Å²) in [4.78, 5) is 4.68. The molecule has 0 saturated carbocycles. The van der Waals surface area contributed by atoms with Crippen LogP contribution in [0.2, 0.25) is 0 Å². The van der Waals surface area contributed by atoms with E-state index in [9.17, 15) is 5.26 Å². The van der Waals surface area contributed by atoms with Gasteiger partial charge in [-0.15, -0.1) is 24.8 Å². The highest BCUT2D eigenvalue weighted by Gasteiger charge is 2.43. The third-order valence-corrected chi connectivity index (χ3v) is 6.39. The number of hydrogen-bond donors (Lipinski definition) is 0. The van der Waals surface area contributed by atoms with E-state index in [4.69, 9.17) is 4.42 Å². The number of benzene rings is 1. The molecule has 6 heteroatoms. The molecule has 1 saturated heterocycles. The van der Waals surface area contributed by atoms with Crippen molar-refractivity contribution in [3.8, 4) is 6.07 Å². The molecule has 3 rings (SSSR count). The summed E-state index contributed by atoms with van der Waals surface area (Å²) < 4.78 is 5.51. The van der Waals surface area contributed by atoms with Crippen molar-refractivity contribution in [2.24, 2.45) is 5.92 Å². The van der Waals surface area contributed by atoms with Crippen molar-refractivity contribution in [3.63, 3.8) is 0 Å². The van der Waals surface area contributed by atoms with E-state index in [2.05, 4.69) is 67.1 Å². The predicted molar refractivity (Wildman–Crippen MR) is 123 cm³/mol. The van der Waals surface area contributed by atoms with Crippen molar-refractivity contribution < 1.29 is 4.42 Å². The van der Waals surface area contributed by atoms with E-state index in [0.717, 1.165) is 31.7 Å². The van der Waals surface area contributed by atoms with E-state index in [1.165, 1.54) is 5.56 Å². The standard InChI is InChI=1S/C23H31N3O.2ClH/c1-19-17-25(3)20(2)16-23(19,21-8-5-4-6-9-21)11-13-26(14-12-24)18-22-10-7-15-27-22;;/h4-10,15,19-20H,11,13-14,16-18H2,1-3H3;2*1H. The van der Waals surface area contributed by atoms with Crippen LogP contribution in [0.1, 0.15) is 38.0 Å². The smallest absolute Gasteiger partial charge is 0.117 e. The summed E-state index contributed by atoms with van der Waals surface area (Å²) in [5.41, 5.74) is 1.58. The zero-order valence-electron chi connectivity index (χ0n) is 17.6. The zero-order chi connectivity index (χ0) is 19.3. The highest BCUT2D eigenvalue weighted by molar-refractivity contribution is 5.85. The van der Waals surface area contributed by atoms with Gasteiger partial charge in [0, 0.05) is 24.5 Å². The molecule has 0 amide bonds. The molecular formula is C23H33Cl2N3O. The average Bonchev–Trinajstić information content (AvgIpc) is 3.17. The summed E-state index contributed by atoms with van der Waals surface area (Å²) in [5.74, 6) is 1.48. The molecular weight excluding hydrogens is 405 g/mol. The van der Waals surface area contributed by atoms with E-state index < -0.39 is 0 Å².